The summed E-state index contributed by atoms with van der Waals surface area (Å²) in [6, 6.07) is 0. The van der Waals surface area contributed by atoms with Gasteiger partial charge in [-0.1, -0.05) is 0 Å². The Bertz CT molecular complexity index is 846. The lowest BCUT2D eigenvalue weighted by molar-refractivity contribution is -0.415. The Morgan fingerprint density at radius 2 is 0.619 bits per heavy atom. The van der Waals surface area contributed by atoms with Crippen LogP contribution in [0.2, 0.25) is 0 Å². The summed E-state index contributed by atoms with van der Waals surface area (Å²) >= 11 is 0. The Labute approximate surface area is 214 Å². The van der Waals surface area contributed by atoms with Crippen molar-refractivity contribution in [2.45, 2.75) is 72.1 Å². The molecule has 0 bridgehead atoms. The van der Waals surface area contributed by atoms with Crippen molar-refractivity contribution in [1.29, 1.82) is 0 Å². The fraction of sp³-hybridized carbons (Fsp3) is 1.00. The molecule has 3 nitrogen and oxygen atoms in total. The van der Waals surface area contributed by atoms with E-state index in [2.05, 4.69) is 9.05 Å². The Kier molecular flexibility index (Phi) is 11.2. The van der Waals surface area contributed by atoms with Gasteiger partial charge in [0.2, 0.25) is 0 Å². The highest BCUT2D eigenvalue weighted by molar-refractivity contribution is 7.40. The van der Waals surface area contributed by atoms with Crippen molar-refractivity contribution in [1.82, 2.24) is 0 Å². The van der Waals surface area contributed by atoms with E-state index in [1.54, 1.807) is 0 Å². The molecule has 0 aliphatic heterocycles. The van der Waals surface area contributed by atoms with Crippen molar-refractivity contribution in [2.24, 2.45) is 0 Å². The fourth-order valence-corrected chi connectivity index (χ4v) is 2.66. The van der Waals surface area contributed by atoms with E-state index in [1.165, 1.54) is 0 Å². The van der Waals surface area contributed by atoms with E-state index in [1.807, 2.05) is 0 Å². The molecule has 0 amide bonds. The normalized spacial score (nSPS) is 16.3. The molecular weight excluding hydrogens is 703 g/mol. The van der Waals surface area contributed by atoms with Gasteiger partial charge < -0.3 is 13.9 Å². The first-order chi connectivity index (χ1) is 18.0. The summed E-state index contributed by atoms with van der Waals surface area (Å²) in [5.74, 6) is -77.1. The summed E-state index contributed by atoms with van der Waals surface area (Å²) in [5.41, 5.74) is 0. The van der Waals surface area contributed by atoms with Gasteiger partial charge in [-0.3, -0.25) is 0 Å². The van der Waals surface area contributed by atoms with Crippen molar-refractivity contribution in [3.63, 3.8) is 0 Å². The molecule has 0 aromatic rings. The SMILES string of the molecule is OP(OCC(F)(F)C(F)(F)C(F)(F)C(F)(F)C(F)(F)C(F)F)OCC(F)(F)C(F)(F)C(F)(F)C(F)(F)C(F)(F)C(F)F. The highest BCUT2D eigenvalue weighted by Crippen LogP contribution is 2.60. The molecule has 1 N–H and O–H groups in total. The van der Waals surface area contributed by atoms with Crippen molar-refractivity contribution in [2.75, 3.05) is 13.2 Å². The number of alkyl halides is 24. The van der Waals surface area contributed by atoms with Gasteiger partial charge in [-0.15, -0.1) is 0 Å². The molecule has 0 aliphatic rings. The van der Waals surface area contributed by atoms with Crippen LogP contribution in [0.4, 0.5) is 105 Å². The lowest BCUT2D eigenvalue weighted by Crippen LogP contribution is -2.69. The van der Waals surface area contributed by atoms with Crippen molar-refractivity contribution in [3.05, 3.63) is 0 Å². The quantitative estimate of drug-likeness (QED) is 0.130. The first kappa shape index (κ1) is 40.6. The highest BCUT2D eigenvalue weighted by atomic mass is 31.2. The summed E-state index contributed by atoms with van der Waals surface area (Å²) in [7, 11) is -5.02. The van der Waals surface area contributed by atoms with Gasteiger partial charge in [0.15, 0.2) is 0 Å². The van der Waals surface area contributed by atoms with Crippen LogP contribution in [0.1, 0.15) is 0 Å². The smallest absolute Gasteiger partial charge is 0.328 e. The molecule has 42 heavy (non-hydrogen) atoms. The molecule has 0 spiro atoms. The molecule has 0 heterocycles. The van der Waals surface area contributed by atoms with Gasteiger partial charge >= 0.3 is 80.7 Å². The summed E-state index contributed by atoms with van der Waals surface area (Å²) < 4.78 is 317. The van der Waals surface area contributed by atoms with Crippen LogP contribution in [0.5, 0.6) is 0 Å². The average Bonchev–Trinajstić information content (AvgIpc) is 2.80. The molecule has 0 unspecified atom stereocenters. The number of halogens is 24. The fourth-order valence-electron chi connectivity index (χ4n) is 2.04. The molecule has 0 rings (SSSR count). The summed E-state index contributed by atoms with van der Waals surface area (Å²) in [6.07, 6.45) is -11.8. The van der Waals surface area contributed by atoms with E-state index in [0.717, 1.165) is 0 Å². The van der Waals surface area contributed by atoms with Gasteiger partial charge in [-0.25, -0.2) is 17.6 Å². The predicted octanol–water partition coefficient (Wildman–Crippen LogP) is 8.12. The van der Waals surface area contributed by atoms with Crippen LogP contribution in [0.25, 0.3) is 0 Å². The average molecular weight is 710 g/mol. The van der Waals surface area contributed by atoms with E-state index in [-0.39, 0.29) is 0 Å². The Balaban J connectivity index is 5.88. The van der Waals surface area contributed by atoms with Crippen LogP contribution in [-0.4, -0.2) is 90.2 Å². The second kappa shape index (κ2) is 11.5. The lowest BCUT2D eigenvalue weighted by atomic mass is 9.95. The molecule has 28 heteroatoms. The molecule has 0 saturated heterocycles. The Hall–Kier alpha value is -1.37. The number of rotatable bonds is 16. The third-order valence-corrected chi connectivity index (χ3v) is 5.29. The van der Waals surface area contributed by atoms with Crippen molar-refractivity contribution >= 4 is 8.60 Å². The summed E-state index contributed by atoms with van der Waals surface area (Å²) in [4.78, 5) is 8.79. The van der Waals surface area contributed by atoms with Crippen LogP contribution in [0, 0.1) is 0 Å². The second-order valence-electron chi connectivity index (χ2n) is 7.49. The zero-order chi connectivity index (χ0) is 34.6. The molecule has 0 aromatic carbocycles. The van der Waals surface area contributed by atoms with E-state index in [4.69, 9.17) is 4.89 Å². The third-order valence-electron chi connectivity index (χ3n) is 4.59. The van der Waals surface area contributed by atoms with E-state index >= 15 is 0 Å². The Morgan fingerprint density at radius 1 is 0.405 bits per heavy atom. The zero-order valence-electron chi connectivity index (χ0n) is 18.4. The Morgan fingerprint density at radius 3 is 0.810 bits per heavy atom. The minimum atomic E-state index is -8.15. The van der Waals surface area contributed by atoms with Crippen LogP contribution in [0.3, 0.4) is 0 Å². The van der Waals surface area contributed by atoms with E-state index in [9.17, 15) is 105 Å². The van der Waals surface area contributed by atoms with E-state index in [0.29, 0.717) is 0 Å². The third kappa shape index (κ3) is 6.11. The summed E-state index contributed by atoms with van der Waals surface area (Å²) in [5, 5.41) is 0. The van der Waals surface area contributed by atoms with Crippen molar-refractivity contribution in [3.8, 4) is 0 Å². The maximum Gasteiger partial charge on any atom is 0.384 e. The van der Waals surface area contributed by atoms with Crippen LogP contribution >= 0.6 is 8.60 Å². The molecule has 0 radical (unpaired) electrons. The van der Waals surface area contributed by atoms with Crippen molar-refractivity contribution < 1.29 is 119 Å². The standard InChI is InChI=1S/C14H7F24O3P/c15-3(16)7(23,24)11(31,32)13(35,36)9(27,28)5(19,20)1-40-42(39)41-2-6(21,22)10(29,30)14(37,38)12(33,34)8(25,26)4(17)18/h3-4,39H,1-2H2. The molecule has 0 atom stereocenters. The van der Waals surface area contributed by atoms with E-state index < -0.39 is 93.9 Å². The zero-order valence-corrected chi connectivity index (χ0v) is 19.2. The molecular formula is C14H7F24O3P. The van der Waals surface area contributed by atoms with Gasteiger partial charge in [0.25, 0.3) is 0 Å². The summed E-state index contributed by atoms with van der Waals surface area (Å²) in [6.45, 7) is -7.55. The minimum absolute atomic E-state index is 2.90. The van der Waals surface area contributed by atoms with Crippen LogP contribution < -0.4 is 0 Å². The first-order valence-corrected chi connectivity index (χ1v) is 10.2. The minimum Gasteiger partial charge on any atom is -0.328 e. The van der Waals surface area contributed by atoms with Crippen LogP contribution in [-0.2, 0) is 9.05 Å². The molecule has 0 aromatic heterocycles. The van der Waals surface area contributed by atoms with Gasteiger partial charge in [0.05, 0.1) is 0 Å². The highest BCUT2D eigenvalue weighted by Gasteiger charge is 2.89. The van der Waals surface area contributed by atoms with Crippen LogP contribution in [0.15, 0.2) is 0 Å². The number of hydrogen-bond donors (Lipinski definition) is 1. The maximum atomic E-state index is 13.4. The predicted molar refractivity (Wildman–Crippen MR) is 82.5 cm³/mol. The molecule has 0 fully saturated rings. The second-order valence-corrected chi connectivity index (χ2v) is 8.48. The molecule has 254 valence electrons. The van der Waals surface area contributed by atoms with Gasteiger partial charge in [-0.2, -0.15) is 87.8 Å². The topological polar surface area (TPSA) is 38.7 Å². The molecule has 0 aliphatic carbocycles. The monoisotopic (exact) mass is 710 g/mol. The van der Waals surface area contributed by atoms with Gasteiger partial charge in [-0.05, 0) is 0 Å². The molecule has 0 saturated carbocycles. The first-order valence-electron chi connectivity index (χ1n) is 9.08. The number of hydrogen-bond acceptors (Lipinski definition) is 3. The van der Waals surface area contributed by atoms with Gasteiger partial charge in [0.1, 0.15) is 13.2 Å². The van der Waals surface area contributed by atoms with Gasteiger partial charge in [0, 0.05) is 0 Å². The lowest BCUT2D eigenvalue weighted by Gasteiger charge is -2.39. The largest absolute Gasteiger partial charge is 0.384 e. The maximum absolute atomic E-state index is 13.4.